The lowest BCUT2D eigenvalue weighted by Crippen LogP contribution is -2.51. The zero-order valence-electron chi connectivity index (χ0n) is 27.3. The number of tetrazole rings is 1. The maximum atomic E-state index is 14.6. The second-order valence-corrected chi connectivity index (χ2v) is 14.8. The van der Waals surface area contributed by atoms with E-state index in [1.807, 2.05) is 24.3 Å². The molecule has 6 rings (SSSR count). The highest BCUT2D eigenvalue weighted by molar-refractivity contribution is 6.46. The molecule has 0 bridgehead atoms. The van der Waals surface area contributed by atoms with E-state index in [9.17, 15) is 9.59 Å². The first-order valence-electron chi connectivity index (χ1n) is 16.7. The van der Waals surface area contributed by atoms with Gasteiger partial charge in [-0.1, -0.05) is 76.2 Å². The molecule has 1 aromatic heterocycles. The highest BCUT2D eigenvalue weighted by Crippen LogP contribution is 2.49. The second-order valence-electron chi connectivity index (χ2n) is 14.8. The second kappa shape index (κ2) is 12.5. The van der Waals surface area contributed by atoms with E-state index in [2.05, 4.69) is 89.7 Å². The highest BCUT2D eigenvalue weighted by Gasteiger charge is 2.52. The summed E-state index contributed by atoms with van der Waals surface area (Å²) in [5.41, 5.74) is 3.99. The highest BCUT2D eigenvalue weighted by atomic mass is 16.2. The lowest BCUT2D eigenvalue weighted by Gasteiger charge is -2.46. The molecule has 2 amide bonds. The van der Waals surface area contributed by atoms with Crippen LogP contribution in [0.3, 0.4) is 0 Å². The summed E-state index contributed by atoms with van der Waals surface area (Å²) in [6.07, 6.45) is 8.13. The topological polar surface area (TPSA) is 116 Å². The molecule has 2 N–H and O–H groups in total. The van der Waals surface area contributed by atoms with Gasteiger partial charge < -0.3 is 10.2 Å². The smallest absolute Gasteiger partial charge is 0.275 e. The summed E-state index contributed by atoms with van der Waals surface area (Å²) in [6, 6.07) is 16.2. The standard InChI is InChI=1S/C36H47N7O2/c1-23(2)24-16-20-36(21-17-24)38-32(28-12-8-26(9-13-28)25-6-7-25)34(45)43(36)30(18-19-35(3,4)5)27-10-14-29(15-11-27)33(44)37-22-31-39-41-42-40-31/h8-15,23-25,30H,6-7,16-22H2,1-5H3,(H,37,44)(H,39,40,41,42)/t24?,30-,36?/m1/s1. The summed E-state index contributed by atoms with van der Waals surface area (Å²) < 4.78 is 0. The van der Waals surface area contributed by atoms with Crippen molar-refractivity contribution in [3.8, 4) is 0 Å². The molecule has 0 saturated heterocycles. The monoisotopic (exact) mass is 609 g/mol. The van der Waals surface area contributed by atoms with Crippen molar-refractivity contribution >= 4 is 17.5 Å². The van der Waals surface area contributed by atoms with Crippen molar-refractivity contribution in [1.82, 2.24) is 30.8 Å². The number of carbonyl (C=O) groups is 2. The van der Waals surface area contributed by atoms with Gasteiger partial charge in [0.2, 0.25) is 0 Å². The summed E-state index contributed by atoms with van der Waals surface area (Å²) in [6.45, 7) is 11.6. The molecule has 1 spiro atoms. The molecule has 2 aliphatic carbocycles. The van der Waals surface area contributed by atoms with Crippen molar-refractivity contribution < 1.29 is 9.59 Å². The lowest BCUT2D eigenvalue weighted by atomic mass is 9.75. The molecule has 2 fully saturated rings. The van der Waals surface area contributed by atoms with Gasteiger partial charge in [-0.15, -0.1) is 10.2 Å². The molecule has 45 heavy (non-hydrogen) atoms. The van der Waals surface area contributed by atoms with Crippen LogP contribution in [-0.4, -0.2) is 48.7 Å². The largest absolute Gasteiger partial charge is 0.345 e. The summed E-state index contributed by atoms with van der Waals surface area (Å²) in [4.78, 5) is 35.1. The number of rotatable bonds is 10. The first kappa shape index (κ1) is 31.1. The number of nitrogens with zero attached hydrogens (tertiary/aromatic N) is 5. The molecular weight excluding hydrogens is 562 g/mol. The Bertz CT molecular complexity index is 1510. The summed E-state index contributed by atoms with van der Waals surface area (Å²) in [7, 11) is 0. The Morgan fingerprint density at radius 1 is 1.02 bits per heavy atom. The molecule has 2 saturated carbocycles. The van der Waals surface area contributed by atoms with Crippen LogP contribution >= 0.6 is 0 Å². The predicted octanol–water partition coefficient (Wildman–Crippen LogP) is 6.75. The third-order valence-corrected chi connectivity index (χ3v) is 10.0. The molecule has 0 radical (unpaired) electrons. The van der Waals surface area contributed by atoms with Gasteiger partial charge in [-0.3, -0.25) is 14.6 Å². The average molecular weight is 610 g/mol. The van der Waals surface area contributed by atoms with Crippen LogP contribution in [0.15, 0.2) is 53.5 Å². The molecule has 238 valence electrons. The summed E-state index contributed by atoms with van der Waals surface area (Å²) >= 11 is 0. The van der Waals surface area contributed by atoms with E-state index in [-0.39, 0.29) is 29.8 Å². The van der Waals surface area contributed by atoms with E-state index < -0.39 is 5.66 Å². The quantitative estimate of drug-likeness (QED) is 0.264. The number of hydrogen-bond acceptors (Lipinski definition) is 6. The number of aliphatic imine (C=N–C) groups is 1. The summed E-state index contributed by atoms with van der Waals surface area (Å²) in [5, 5.41) is 16.6. The van der Waals surface area contributed by atoms with Gasteiger partial charge in [-0.2, -0.15) is 5.21 Å². The van der Waals surface area contributed by atoms with Gasteiger partial charge in [0.1, 0.15) is 11.4 Å². The van der Waals surface area contributed by atoms with Gasteiger partial charge in [0.05, 0.1) is 12.6 Å². The minimum absolute atomic E-state index is 0.0259. The Labute approximate surface area is 266 Å². The van der Waals surface area contributed by atoms with E-state index in [1.54, 1.807) is 0 Å². The van der Waals surface area contributed by atoms with Crippen LogP contribution in [0, 0.1) is 17.3 Å². The fourth-order valence-electron chi connectivity index (χ4n) is 7.07. The van der Waals surface area contributed by atoms with E-state index in [0.717, 1.165) is 49.7 Å². The van der Waals surface area contributed by atoms with Crippen LogP contribution in [-0.2, 0) is 11.3 Å². The number of carbonyl (C=O) groups excluding carboxylic acids is 2. The van der Waals surface area contributed by atoms with Gasteiger partial charge in [-0.05, 0) is 97.8 Å². The fraction of sp³-hybridized carbons (Fsp3) is 0.556. The Balaban J connectivity index is 1.32. The number of benzene rings is 2. The maximum Gasteiger partial charge on any atom is 0.275 e. The molecular formula is C36H47N7O2. The Kier molecular flexibility index (Phi) is 8.63. The average Bonchev–Trinajstić information content (AvgIpc) is 3.67. The molecule has 1 atom stereocenters. The van der Waals surface area contributed by atoms with Gasteiger partial charge in [0.25, 0.3) is 11.8 Å². The van der Waals surface area contributed by atoms with Crippen LogP contribution in [0.25, 0.3) is 0 Å². The molecule has 3 aromatic rings. The Morgan fingerprint density at radius 2 is 1.71 bits per heavy atom. The van der Waals surface area contributed by atoms with Crippen LogP contribution < -0.4 is 5.32 Å². The van der Waals surface area contributed by atoms with Crippen LogP contribution in [0.1, 0.15) is 131 Å². The van der Waals surface area contributed by atoms with Crippen molar-refractivity contribution in [3.63, 3.8) is 0 Å². The minimum atomic E-state index is -0.559. The first-order chi connectivity index (χ1) is 21.5. The van der Waals surface area contributed by atoms with Crippen molar-refractivity contribution in [2.24, 2.45) is 22.2 Å². The number of hydrogen-bond donors (Lipinski definition) is 2. The van der Waals surface area contributed by atoms with Crippen molar-refractivity contribution in [1.29, 1.82) is 0 Å². The van der Waals surface area contributed by atoms with Crippen LogP contribution in [0.2, 0.25) is 0 Å². The molecule has 1 aliphatic heterocycles. The van der Waals surface area contributed by atoms with Gasteiger partial charge >= 0.3 is 0 Å². The third-order valence-electron chi connectivity index (χ3n) is 10.0. The number of aromatic amines is 1. The molecule has 0 unspecified atom stereocenters. The van der Waals surface area contributed by atoms with Gasteiger partial charge in [-0.25, -0.2) is 0 Å². The molecule has 2 aromatic carbocycles. The van der Waals surface area contributed by atoms with E-state index in [4.69, 9.17) is 4.99 Å². The van der Waals surface area contributed by atoms with Crippen molar-refractivity contribution in [3.05, 3.63) is 76.6 Å². The van der Waals surface area contributed by atoms with E-state index in [1.165, 1.54) is 18.4 Å². The first-order valence-corrected chi connectivity index (χ1v) is 16.7. The number of amides is 2. The molecule has 9 heteroatoms. The summed E-state index contributed by atoms with van der Waals surface area (Å²) in [5.74, 6) is 2.16. The molecule has 9 nitrogen and oxygen atoms in total. The molecule has 3 aliphatic rings. The maximum absolute atomic E-state index is 14.6. The van der Waals surface area contributed by atoms with Crippen molar-refractivity contribution in [2.45, 2.75) is 110 Å². The minimum Gasteiger partial charge on any atom is -0.345 e. The van der Waals surface area contributed by atoms with Crippen LogP contribution in [0.4, 0.5) is 0 Å². The SMILES string of the molecule is CC(C)C1CCC2(CC1)N=C(c1ccc(C3CC3)cc1)C(=O)N2[C@H](CCC(C)(C)C)c1ccc(C(=O)NCc2nn[nH]n2)cc1. The predicted molar refractivity (Wildman–Crippen MR) is 175 cm³/mol. The van der Waals surface area contributed by atoms with E-state index in [0.29, 0.717) is 34.9 Å². The van der Waals surface area contributed by atoms with Gasteiger partial charge in [0, 0.05) is 11.1 Å². The normalized spacial score (nSPS) is 22.6. The van der Waals surface area contributed by atoms with Crippen LogP contribution in [0.5, 0.6) is 0 Å². The molecule has 2 heterocycles. The fourth-order valence-corrected chi connectivity index (χ4v) is 7.07. The van der Waals surface area contributed by atoms with E-state index >= 15 is 0 Å². The van der Waals surface area contributed by atoms with Gasteiger partial charge in [0.15, 0.2) is 5.82 Å². The lowest BCUT2D eigenvalue weighted by molar-refractivity contribution is -0.133. The number of nitrogens with one attached hydrogen (secondary N) is 2. The van der Waals surface area contributed by atoms with Crippen molar-refractivity contribution in [2.75, 3.05) is 0 Å². The zero-order chi connectivity index (χ0) is 31.8. The number of H-pyrrole nitrogens is 1. The Hall–Kier alpha value is -3.88. The number of aromatic nitrogens is 4. The third kappa shape index (κ3) is 6.87. The Morgan fingerprint density at radius 3 is 2.29 bits per heavy atom. The zero-order valence-corrected chi connectivity index (χ0v) is 27.3.